The molecule has 7 heteroatoms. The summed E-state index contributed by atoms with van der Waals surface area (Å²) < 4.78 is 32.3. The third kappa shape index (κ3) is 5.63. The highest BCUT2D eigenvalue weighted by atomic mass is 19.1. The molecule has 11 rings (SSSR count). The molecule has 3 aromatic heterocycles. The summed E-state index contributed by atoms with van der Waals surface area (Å²) in [6.07, 6.45) is 0. The first-order valence-electron chi connectivity index (χ1n) is 19.1. The van der Waals surface area contributed by atoms with Gasteiger partial charge in [0.2, 0.25) is 5.95 Å². The molecule has 3 heterocycles. The molecule has 0 bridgehead atoms. The quantitative estimate of drug-likeness (QED) is 0.170. The average molecular weight is 752 g/mol. The van der Waals surface area contributed by atoms with E-state index in [0.29, 0.717) is 28.7 Å². The molecule has 0 atom stereocenters. The lowest BCUT2D eigenvalue weighted by Crippen LogP contribution is -2.06. The minimum absolute atomic E-state index is 0.352. The van der Waals surface area contributed by atoms with Crippen molar-refractivity contribution in [2.45, 2.75) is 0 Å². The fourth-order valence-electron chi connectivity index (χ4n) is 8.15. The van der Waals surface area contributed by atoms with E-state index < -0.39 is 0 Å². The van der Waals surface area contributed by atoms with Gasteiger partial charge in [-0.3, -0.25) is 4.57 Å². The van der Waals surface area contributed by atoms with Crippen molar-refractivity contribution in [3.63, 3.8) is 0 Å². The summed E-state index contributed by atoms with van der Waals surface area (Å²) in [6, 6.07) is 61.4. The van der Waals surface area contributed by atoms with E-state index in [0.717, 1.165) is 49.7 Å². The van der Waals surface area contributed by atoms with Gasteiger partial charge in [0.25, 0.3) is 0 Å². The lowest BCUT2D eigenvalue weighted by Gasteiger charge is -2.11. The maximum absolute atomic E-state index is 13.9. The predicted molar refractivity (Wildman–Crippen MR) is 230 cm³/mol. The Morgan fingerprint density at radius 1 is 0.310 bits per heavy atom. The van der Waals surface area contributed by atoms with Crippen LogP contribution in [0.3, 0.4) is 0 Å². The van der Waals surface area contributed by atoms with E-state index in [1.807, 2.05) is 22.8 Å². The van der Waals surface area contributed by atoms with Crippen molar-refractivity contribution in [1.82, 2.24) is 24.1 Å². The van der Waals surface area contributed by atoms with Crippen LogP contribution in [-0.2, 0) is 0 Å². The van der Waals surface area contributed by atoms with Crippen molar-refractivity contribution in [3.05, 3.63) is 200 Å². The molecule has 8 aromatic carbocycles. The summed E-state index contributed by atoms with van der Waals surface area (Å²) in [5.41, 5.74) is 11.1. The zero-order valence-electron chi connectivity index (χ0n) is 30.9. The van der Waals surface area contributed by atoms with E-state index in [2.05, 4.69) is 126 Å². The van der Waals surface area contributed by atoms with Gasteiger partial charge in [-0.25, -0.2) is 13.8 Å². The van der Waals surface area contributed by atoms with Crippen molar-refractivity contribution in [3.8, 4) is 56.7 Å². The molecular weight excluding hydrogens is 721 g/mol. The number of aromatic nitrogens is 5. The fraction of sp³-hybridized carbons (Fsp3) is 0. The van der Waals surface area contributed by atoms with Crippen LogP contribution >= 0.6 is 0 Å². The lowest BCUT2D eigenvalue weighted by atomic mass is 9.98. The number of rotatable bonds is 6. The zero-order chi connectivity index (χ0) is 38.7. The van der Waals surface area contributed by atoms with Crippen LogP contribution in [-0.4, -0.2) is 24.1 Å². The monoisotopic (exact) mass is 751 g/mol. The van der Waals surface area contributed by atoms with Gasteiger partial charge < -0.3 is 4.57 Å². The van der Waals surface area contributed by atoms with E-state index in [1.165, 1.54) is 46.1 Å². The Morgan fingerprint density at radius 2 is 0.707 bits per heavy atom. The molecule has 274 valence electrons. The number of hydrogen-bond donors (Lipinski definition) is 0. The molecule has 0 saturated heterocycles. The van der Waals surface area contributed by atoms with Crippen LogP contribution in [0.4, 0.5) is 8.78 Å². The van der Waals surface area contributed by atoms with E-state index in [1.54, 1.807) is 24.3 Å². The molecular formula is C51H31F2N5. The average Bonchev–Trinajstić information content (AvgIpc) is 3.79. The minimum atomic E-state index is -0.352. The van der Waals surface area contributed by atoms with Crippen molar-refractivity contribution in [2.24, 2.45) is 0 Å². The molecule has 0 aliphatic rings. The summed E-state index contributed by atoms with van der Waals surface area (Å²) in [7, 11) is 0. The number of halogens is 2. The minimum Gasteiger partial charge on any atom is -0.309 e. The summed E-state index contributed by atoms with van der Waals surface area (Å²) in [5.74, 6) is 0.464. The number of fused-ring (bicyclic) bond motifs is 6. The summed E-state index contributed by atoms with van der Waals surface area (Å²) >= 11 is 0. The molecule has 0 unspecified atom stereocenters. The zero-order valence-corrected chi connectivity index (χ0v) is 30.9. The SMILES string of the molecule is Fc1ccc(-c2nc(-c3ccc(F)cc3)nc(-n3c4ccccc4c4cc(-c5ccc(-c6ccc7c(c6)c6ccccc6n7-c6ccccc6)cc5)ccc43)n2)cc1. The topological polar surface area (TPSA) is 48.5 Å². The first-order valence-corrected chi connectivity index (χ1v) is 19.1. The summed E-state index contributed by atoms with van der Waals surface area (Å²) in [6.45, 7) is 0. The van der Waals surface area contributed by atoms with Crippen LogP contribution in [0, 0.1) is 11.6 Å². The highest BCUT2D eigenvalue weighted by Crippen LogP contribution is 2.38. The second-order valence-electron chi connectivity index (χ2n) is 14.4. The number of hydrogen-bond acceptors (Lipinski definition) is 3. The maximum atomic E-state index is 13.9. The first kappa shape index (κ1) is 33.6. The predicted octanol–water partition coefficient (Wildman–Crippen LogP) is 13.0. The van der Waals surface area contributed by atoms with Crippen LogP contribution < -0.4 is 0 Å². The summed E-state index contributed by atoms with van der Waals surface area (Å²) in [5, 5.41) is 4.54. The second kappa shape index (κ2) is 13.5. The number of para-hydroxylation sites is 3. The molecule has 0 spiro atoms. The molecule has 0 amide bonds. The van der Waals surface area contributed by atoms with E-state index in [9.17, 15) is 8.78 Å². The molecule has 58 heavy (non-hydrogen) atoms. The standard InChI is InChI=1S/C51H31F2N5/c52-38-24-18-34(19-25-38)49-54-50(35-20-26-39(53)27-21-35)56-51(55-49)58-46-13-7-5-11-42(46)44-31-37(23-29-48(44)58)33-16-14-32(15-17-33)36-22-28-47-43(30-36)41-10-4-6-12-45(41)57(47)40-8-2-1-3-9-40/h1-31H. The molecule has 0 fully saturated rings. The van der Waals surface area contributed by atoms with Gasteiger partial charge in [-0.15, -0.1) is 0 Å². The third-order valence-electron chi connectivity index (χ3n) is 10.9. The Hall–Kier alpha value is -7.77. The second-order valence-corrected chi connectivity index (χ2v) is 14.4. The van der Waals surface area contributed by atoms with Crippen LogP contribution in [0.25, 0.3) is 100 Å². The van der Waals surface area contributed by atoms with Gasteiger partial charge >= 0.3 is 0 Å². The Morgan fingerprint density at radius 3 is 1.22 bits per heavy atom. The molecule has 0 aliphatic carbocycles. The normalized spacial score (nSPS) is 11.6. The van der Waals surface area contributed by atoms with Crippen LogP contribution in [0.5, 0.6) is 0 Å². The van der Waals surface area contributed by atoms with Crippen LogP contribution in [0.15, 0.2) is 188 Å². The van der Waals surface area contributed by atoms with Crippen LogP contribution in [0.2, 0.25) is 0 Å². The van der Waals surface area contributed by atoms with E-state index >= 15 is 0 Å². The molecule has 0 N–H and O–H groups in total. The number of benzene rings is 8. The third-order valence-corrected chi connectivity index (χ3v) is 10.9. The first-order chi connectivity index (χ1) is 28.6. The van der Waals surface area contributed by atoms with Crippen LogP contribution in [0.1, 0.15) is 0 Å². The number of nitrogens with zero attached hydrogens (tertiary/aromatic N) is 5. The molecule has 0 saturated carbocycles. The highest BCUT2D eigenvalue weighted by molar-refractivity contribution is 6.11. The Bertz CT molecular complexity index is 3270. The maximum Gasteiger partial charge on any atom is 0.238 e. The highest BCUT2D eigenvalue weighted by Gasteiger charge is 2.19. The molecule has 0 radical (unpaired) electrons. The lowest BCUT2D eigenvalue weighted by molar-refractivity contribution is 0.627. The van der Waals surface area contributed by atoms with Crippen molar-refractivity contribution >= 4 is 43.6 Å². The Labute approximate surface area is 331 Å². The van der Waals surface area contributed by atoms with Crippen molar-refractivity contribution < 1.29 is 8.78 Å². The van der Waals surface area contributed by atoms with Crippen molar-refractivity contribution in [1.29, 1.82) is 0 Å². The molecule has 5 nitrogen and oxygen atoms in total. The van der Waals surface area contributed by atoms with E-state index in [-0.39, 0.29) is 11.6 Å². The van der Waals surface area contributed by atoms with Gasteiger partial charge in [-0.1, -0.05) is 91.0 Å². The summed E-state index contributed by atoms with van der Waals surface area (Å²) in [4.78, 5) is 14.6. The van der Waals surface area contributed by atoms with Crippen molar-refractivity contribution in [2.75, 3.05) is 0 Å². The largest absolute Gasteiger partial charge is 0.309 e. The van der Waals surface area contributed by atoms with E-state index in [4.69, 9.17) is 15.0 Å². The van der Waals surface area contributed by atoms with Gasteiger partial charge in [-0.05, 0) is 119 Å². The fourth-order valence-corrected chi connectivity index (χ4v) is 8.15. The molecule has 11 aromatic rings. The van der Waals surface area contributed by atoms with Gasteiger partial charge in [0.05, 0.1) is 22.1 Å². The smallest absolute Gasteiger partial charge is 0.238 e. The van der Waals surface area contributed by atoms with Gasteiger partial charge in [0, 0.05) is 38.4 Å². The Kier molecular flexibility index (Phi) is 7.79. The van der Waals surface area contributed by atoms with Gasteiger partial charge in [0.15, 0.2) is 11.6 Å². The van der Waals surface area contributed by atoms with Gasteiger partial charge in [-0.2, -0.15) is 9.97 Å². The molecule has 0 aliphatic heterocycles. The van der Waals surface area contributed by atoms with Gasteiger partial charge in [0.1, 0.15) is 11.6 Å². The Balaban J connectivity index is 0.999.